The number of carbonyl (C=O) groups excluding carboxylic acids is 1. The van der Waals surface area contributed by atoms with Gasteiger partial charge in [0, 0.05) is 55.7 Å². The standard InChI is InChI=1S/C22H19F2N5O/c1-28-13-16-3-2-14(10-18(16)27-28)20-12-25-17-5-4-15(11-19(17)26-20)21(30)29-8-6-22(23,24)7-9-29/h2-5,10-13H,6-9H2,1H3. The summed E-state index contributed by atoms with van der Waals surface area (Å²) in [5, 5.41) is 5.46. The smallest absolute Gasteiger partial charge is 0.253 e. The molecule has 2 aromatic carbocycles. The lowest BCUT2D eigenvalue weighted by Gasteiger charge is -2.31. The van der Waals surface area contributed by atoms with Crippen LogP contribution in [-0.4, -0.2) is 49.6 Å². The van der Waals surface area contributed by atoms with Crippen LogP contribution >= 0.6 is 0 Å². The largest absolute Gasteiger partial charge is 0.338 e. The summed E-state index contributed by atoms with van der Waals surface area (Å²) < 4.78 is 28.5. The van der Waals surface area contributed by atoms with Crippen LogP contribution in [0, 0.1) is 0 Å². The fraction of sp³-hybridized carbons (Fsp3) is 0.273. The van der Waals surface area contributed by atoms with E-state index in [1.807, 2.05) is 31.4 Å². The fourth-order valence-corrected chi connectivity index (χ4v) is 3.80. The van der Waals surface area contributed by atoms with Crippen molar-refractivity contribution in [1.82, 2.24) is 24.6 Å². The van der Waals surface area contributed by atoms with Crippen LogP contribution in [0.1, 0.15) is 23.2 Å². The quantitative estimate of drug-likeness (QED) is 0.503. The number of likely N-dealkylation sites (tertiary alicyclic amines) is 1. The molecule has 1 aliphatic rings. The number of hydrogen-bond donors (Lipinski definition) is 0. The Balaban J connectivity index is 1.47. The van der Waals surface area contributed by atoms with Crippen LogP contribution < -0.4 is 0 Å². The third-order valence-electron chi connectivity index (χ3n) is 5.49. The molecular weight excluding hydrogens is 388 g/mol. The van der Waals surface area contributed by atoms with Crippen LogP contribution in [-0.2, 0) is 7.05 Å². The highest BCUT2D eigenvalue weighted by molar-refractivity contribution is 5.97. The normalized spacial score (nSPS) is 16.3. The molecule has 6 nitrogen and oxygen atoms in total. The molecule has 1 saturated heterocycles. The van der Waals surface area contributed by atoms with E-state index in [2.05, 4.69) is 15.1 Å². The summed E-state index contributed by atoms with van der Waals surface area (Å²) in [5.74, 6) is -2.94. The van der Waals surface area contributed by atoms with Crippen molar-refractivity contribution in [2.24, 2.45) is 7.05 Å². The van der Waals surface area contributed by atoms with Crippen molar-refractivity contribution in [3.05, 3.63) is 54.4 Å². The van der Waals surface area contributed by atoms with Crippen molar-refractivity contribution in [2.45, 2.75) is 18.8 Å². The van der Waals surface area contributed by atoms with Gasteiger partial charge in [-0.25, -0.2) is 13.8 Å². The number of aryl methyl sites for hydroxylation is 1. The molecule has 0 bridgehead atoms. The molecular formula is C22H19F2N5O. The molecule has 4 aromatic rings. The molecule has 0 aliphatic carbocycles. The molecule has 0 unspecified atom stereocenters. The van der Waals surface area contributed by atoms with Gasteiger partial charge in [0.25, 0.3) is 11.8 Å². The van der Waals surface area contributed by atoms with Crippen LogP contribution in [0.3, 0.4) is 0 Å². The molecule has 0 saturated carbocycles. The predicted molar refractivity (Wildman–Crippen MR) is 109 cm³/mol. The van der Waals surface area contributed by atoms with Gasteiger partial charge in [0.15, 0.2) is 0 Å². The number of amides is 1. The van der Waals surface area contributed by atoms with Crippen molar-refractivity contribution in [3.8, 4) is 11.3 Å². The lowest BCUT2D eigenvalue weighted by molar-refractivity contribution is -0.0494. The zero-order chi connectivity index (χ0) is 20.9. The Morgan fingerprint density at radius 1 is 1.03 bits per heavy atom. The summed E-state index contributed by atoms with van der Waals surface area (Å²) in [6, 6.07) is 11.0. The number of piperidine rings is 1. The number of rotatable bonds is 2. The molecule has 0 spiro atoms. The Kier molecular flexibility index (Phi) is 4.23. The van der Waals surface area contributed by atoms with E-state index in [4.69, 9.17) is 0 Å². The number of aromatic nitrogens is 4. The average Bonchev–Trinajstić information content (AvgIpc) is 3.11. The minimum Gasteiger partial charge on any atom is -0.338 e. The minimum absolute atomic E-state index is 0.0552. The van der Waals surface area contributed by atoms with Crippen molar-refractivity contribution >= 4 is 27.8 Å². The van der Waals surface area contributed by atoms with Crippen LogP contribution in [0.4, 0.5) is 8.78 Å². The van der Waals surface area contributed by atoms with Gasteiger partial charge in [0.05, 0.1) is 28.4 Å². The summed E-state index contributed by atoms with van der Waals surface area (Å²) in [5.41, 5.74) is 4.10. The molecule has 2 aromatic heterocycles. The van der Waals surface area contributed by atoms with Gasteiger partial charge in [-0.15, -0.1) is 0 Å². The first-order valence-electron chi connectivity index (χ1n) is 9.76. The van der Waals surface area contributed by atoms with Crippen molar-refractivity contribution in [1.29, 1.82) is 0 Å². The van der Waals surface area contributed by atoms with Gasteiger partial charge in [0.2, 0.25) is 0 Å². The Labute approximate surface area is 171 Å². The summed E-state index contributed by atoms with van der Waals surface area (Å²) in [7, 11) is 1.87. The lowest BCUT2D eigenvalue weighted by atomic mass is 10.1. The number of halogens is 2. The molecule has 1 amide bonds. The van der Waals surface area contributed by atoms with E-state index in [0.29, 0.717) is 22.3 Å². The van der Waals surface area contributed by atoms with Gasteiger partial charge in [0.1, 0.15) is 0 Å². The first kappa shape index (κ1) is 18.6. The van der Waals surface area contributed by atoms with Gasteiger partial charge in [-0.05, 0) is 24.3 Å². The Hall–Kier alpha value is -3.42. The zero-order valence-electron chi connectivity index (χ0n) is 16.3. The summed E-state index contributed by atoms with van der Waals surface area (Å²) in [6.45, 7) is 0.110. The van der Waals surface area contributed by atoms with Crippen molar-refractivity contribution in [2.75, 3.05) is 13.1 Å². The molecule has 5 rings (SSSR count). The van der Waals surface area contributed by atoms with E-state index in [9.17, 15) is 13.6 Å². The fourth-order valence-electron chi connectivity index (χ4n) is 3.80. The van der Waals surface area contributed by atoms with Gasteiger partial charge >= 0.3 is 0 Å². The number of fused-ring (bicyclic) bond motifs is 2. The van der Waals surface area contributed by atoms with Crippen LogP contribution in [0.25, 0.3) is 33.2 Å². The lowest BCUT2D eigenvalue weighted by Crippen LogP contribution is -2.42. The third-order valence-corrected chi connectivity index (χ3v) is 5.49. The highest BCUT2D eigenvalue weighted by atomic mass is 19.3. The molecule has 1 fully saturated rings. The average molecular weight is 407 g/mol. The molecule has 1 aliphatic heterocycles. The van der Waals surface area contributed by atoms with Gasteiger partial charge in [-0.2, -0.15) is 5.10 Å². The number of carbonyl (C=O) groups is 1. The first-order chi connectivity index (χ1) is 14.4. The van der Waals surface area contributed by atoms with E-state index >= 15 is 0 Å². The topological polar surface area (TPSA) is 63.9 Å². The number of alkyl halides is 2. The van der Waals surface area contributed by atoms with Gasteiger partial charge in [-0.1, -0.05) is 12.1 Å². The molecule has 0 N–H and O–H groups in total. The summed E-state index contributed by atoms with van der Waals surface area (Å²) in [4.78, 5) is 23.4. The van der Waals surface area contributed by atoms with Crippen molar-refractivity contribution < 1.29 is 13.6 Å². The van der Waals surface area contributed by atoms with Crippen LogP contribution in [0.2, 0.25) is 0 Å². The summed E-state index contributed by atoms with van der Waals surface area (Å²) >= 11 is 0. The maximum Gasteiger partial charge on any atom is 0.253 e. The van der Waals surface area contributed by atoms with Gasteiger partial charge < -0.3 is 4.90 Å². The monoisotopic (exact) mass is 407 g/mol. The highest BCUT2D eigenvalue weighted by Crippen LogP contribution is 2.29. The second-order valence-electron chi connectivity index (χ2n) is 7.68. The number of benzene rings is 2. The minimum atomic E-state index is -2.69. The summed E-state index contributed by atoms with van der Waals surface area (Å²) in [6.07, 6.45) is 3.04. The second-order valence-corrected chi connectivity index (χ2v) is 7.68. The van der Waals surface area contributed by atoms with Gasteiger partial charge in [-0.3, -0.25) is 14.5 Å². The SMILES string of the molecule is Cn1cc2ccc(-c3cnc4ccc(C(=O)N5CCC(F)(F)CC5)cc4n3)cc2n1. The highest BCUT2D eigenvalue weighted by Gasteiger charge is 2.35. The van der Waals surface area contributed by atoms with E-state index in [1.54, 1.807) is 29.1 Å². The van der Waals surface area contributed by atoms with E-state index < -0.39 is 5.92 Å². The Morgan fingerprint density at radius 3 is 2.63 bits per heavy atom. The van der Waals surface area contributed by atoms with E-state index in [-0.39, 0.29) is 31.8 Å². The molecule has 152 valence electrons. The Morgan fingerprint density at radius 2 is 1.83 bits per heavy atom. The van der Waals surface area contributed by atoms with Crippen molar-refractivity contribution in [3.63, 3.8) is 0 Å². The first-order valence-corrected chi connectivity index (χ1v) is 9.76. The maximum atomic E-state index is 13.4. The number of hydrogen-bond acceptors (Lipinski definition) is 4. The maximum absolute atomic E-state index is 13.4. The second kappa shape index (κ2) is 6.83. The molecule has 0 atom stereocenters. The van der Waals surface area contributed by atoms with Crippen LogP contribution in [0.5, 0.6) is 0 Å². The zero-order valence-corrected chi connectivity index (χ0v) is 16.3. The third kappa shape index (κ3) is 3.38. The van der Waals surface area contributed by atoms with E-state index in [1.165, 1.54) is 4.90 Å². The van der Waals surface area contributed by atoms with E-state index in [0.717, 1.165) is 16.5 Å². The molecule has 3 heterocycles. The van der Waals surface area contributed by atoms with Crippen LogP contribution in [0.15, 0.2) is 48.8 Å². The number of nitrogens with zero attached hydrogens (tertiary/aromatic N) is 5. The predicted octanol–water partition coefficient (Wildman–Crippen LogP) is 4.05. The molecule has 0 radical (unpaired) electrons. The Bertz CT molecular complexity index is 1270. The molecule has 30 heavy (non-hydrogen) atoms. The molecule has 8 heteroatoms.